The zero-order valence-corrected chi connectivity index (χ0v) is 12.8. The van der Waals surface area contributed by atoms with Crippen molar-refractivity contribution in [3.05, 3.63) is 29.8 Å². The van der Waals surface area contributed by atoms with Crippen molar-refractivity contribution in [2.45, 2.75) is 50.5 Å². The summed E-state index contributed by atoms with van der Waals surface area (Å²) in [6.07, 6.45) is -5.43. The number of carbonyl (C=O) groups excluding carboxylic acids is 1. The van der Waals surface area contributed by atoms with Crippen LogP contribution in [0.4, 0.5) is 0 Å². The molecular formula is C16H22O7. The van der Waals surface area contributed by atoms with Crippen LogP contribution in [0, 0.1) is 0 Å². The summed E-state index contributed by atoms with van der Waals surface area (Å²) < 4.78 is 10.7. The third-order valence-electron chi connectivity index (χ3n) is 3.79. The molecule has 0 saturated carbocycles. The molecule has 7 heteroatoms. The van der Waals surface area contributed by atoms with Gasteiger partial charge in [-0.1, -0.05) is 12.1 Å². The highest BCUT2D eigenvalue weighted by Crippen LogP contribution is 2.24. The number of hydrogen-bond donors (Lipinski definition) is 4. The normalized spacial score (nSPS) is 30.9. The maximum absolute atomic E-state index is 11.0. The summed E-state index contributed by atoms with van der Waals surface area (Å²) in [6.45, 7) is 1.03. The van der Waals surface area contributed by atoms with Crippen molar-refractivity contribution in [3.63, 3.8) is 0 Å². The Kier molecular flexibility index (Phi) is 6.09. The van der Waals surface area contributed by atoms with Crippen molar-refractivity contribution in [1.82, 2.24) is 0 Å². The zero-order chi connectivity index (χ0) is 17.0. The first-order valence-corrected chi connectivity index (χ1v) is 7.48. The van der Waals surface area contributed by atoms with Crippen molar-refractivity contribution in [3.8, 4) is 5.75 Å². The largest absolute Gasteiger partial charge is 0.462 e. The van der Waals surface area contributed by atoms with Crippen molar-refractivity contribution in [2.75, 3.05) is 6.61 Å². The second kappa shape index (κ2) is 7.85. The Morgan fingerprint density at radius 2 is 1.78 bits per heavy atom. The third kappa shape index (κ3) is 4.49. The molecule has 4 N–H and O–H groups in total. The zero-order valence-electron chi connectivity index (χ0n) is 12.8. The quantitative estimate of drug-likeness (QED) is 0.551. The number of aliphatic hydroxyl groups is 4. The Hall–Kier alpha value is -1.51. The van der Waals surface area contributed by atoms with E-state index in [2.05, 4.69) is 0 Å². The van der Waals surface area contributed by atoms with Crippen molar-refractivity contribution >= 4 is 5.78 Å². The second-order valence-electron chi connectivity index (χ2n) is 5.66. The number of Topliss-reactive ketones (excluding diaryl/α,β-unsaturated/α-hetero) is 1. The summed E-state index contributed by atoms with van der Waals surface area (Å²) in [5.41, 5.74) is 0.973. The lowest BCUT2D eigenvalue weighted by molar-refractivity contribution is -0.277. The summed E-state index contributed by atoms with van der Waals surface area (Å²) >= 11 is 0. The number of ether oxygens (including phenoxy) is 2. The molecule has 23 heavy (non-hydrogen) atoms. The Morgan fingerprint density at radius 1 is 1.13 bits per heavy atom. The van der Waals surface area contributed by atoms with Gasteiger partial charge in [-0.05, 0) is 31.0 Å². The van der Waals surface area contributed by atoms with Crippen LogP contribution in [0.5, 0.6) is 5.75 Å². The summed E-state index contributed by atoms with van der Waals surface area (Å²) in [4.78, 5) is 11.0. The molecule has 1 aromatic rings. The van der Waals surface area contributed by atoms with E-state index in [1.807, 2.05) is 0 Å². The average Bonchev–Trinajstić information content (AvgIpc) is 2.54. The van der Waals surface area contributed by atoms with Crippen molar-refractivity contribution in [1.29, 1.82) is 0 Å². The van der Waals surface area contributed by atoms with Crippen LogP contribution >= 0.6 is 0 Å². The van der Waals surface area contributed by atoms with Crippen LogP contribution in [0.15, 0.2) is 24.3 Å². The minimum Gasteiger partial charge on any atom is -0.462 e. The van der Waals surface area contributed by atoms with Gasteiger partial charge in [0.2, 0.25) is 6.29 Å². The van der Waals surface area contributed by atoms with E-state index < -0.39 is 37.3 Å². The fraction of sp³-hybridized carbons (Fsp3) is 0.562. The van der Waals surface area contributed by atoms with Gasteiger partial charge in [-0.15, -0.1) is 0 Å². The first-order valence-electron chi connectivity index (χ1n) is 7.48. The molecule has 7 nitrogen and oxygen atoms in total. The summed E-state index contributed by atoms with van der Waals surface area (Å²) in [5.74, 6) is 0.521. The molecule has 1 fully saturated rings. The van der Waals surface area contributed by atoms with E-state index in [4.69, 9.17) is 14.6 Å². The van der Waals surface area contributed by atoms with Crippen LogP contribution < -0.4 is 4.74 Å². The highest BCUT2D eigenvalue weighted by Gasteiger charge is 2.44. The molecular weight excluding hydrogens is 304 g/mol. The van der Waals surface area contributed by atoms with E-state index in [0.29, 0.717) is 18.6 Å². The van der Waals surface area contributed by atoms with Crippen LogP contribution in [0.3, 0.4) is 0 Å². The van der Waals surface area contributed by atoms with Gasteiger partial charge in [-0.2, -0.15) is 0 Å². The second-order valence-corrected chi connectivity index (χ2v) is 5.66. The van der Waals surface area contributed by atoms with Crippen LogP contribution in [-0.4, -0.2) is 63.5 Å². The third-order valence-corrected chi connectivity index (χ3v) is 3.79. The lowest BCUT2D eigenvalue weighted by Gasteiger charge is -2.39. The topological polar surface area (TPSA) is 116 Å². The molecule has 1 heterocycles. The molecule has 1 aliphatic heterocycles. The van der Waals surface area contributed by atoms with E-state index in [-0.39, 0.29) is 5.78 Å². The number of aryl methyl sites for hydroxylation is 1. The predicted octanol–water partition coefficient (Wildman–Crippen LogP) is -0.613. The molecule has 1 aromatic carbocycles. The lowest BCUT2D eigenvalue weighted by atomic mass is 9.99. The van der Waals surface area contributed by atoms with Gasteiger partial charge in [0.05, 0.1) is 6.61 Å². The van der Waals surface area contributed by atoms with Crippen molar-refractivity contribution < 1.29 is 34.7 Å². The smallest absolute Gasteiger partial charge is 0.229 e. The molecule has 0 bridgehead atoms. The van der Waals surface area contributed by atoms with E-state index in [9.17, 15) is 20.1 Å². The highest BCUT2D eigenvalue weighted by molar-refractivity contribution is 5.75. The Labute approximate surface area is 134 Å². The lowest BCUT2D eigenvalue weighted by Crippen LogP contribution is -2.60. The van der Waals surface area contributed by atoms with Gasteiger partial charge >= 0.3 is 0 Å². The summed E-state index contributed by atoms with van der Waals surface area (Å²) in [5, 5.41) is 38.4. The first kappa shape index (κ1) is 17.8. The molecule has 2 rings (SSSR count). The van der Waals surface area contributed by atoms with Crippen LogP contribution in [0.2, 0.25) is 0 Å². The number of aliphatic hydroxyl groups excluding tert-OH is 4. The predicted molar refractivity (Wildman–Crippen MR) is 79.8 cm³/mol. The van der Waals surface area contributed by atoms with E-state index in [0.717, 1.165) is 5.56 Å². The van der Waals surface area contributed by atoms with Gasteiger partial charge in [0.15, 0.2) is 0 Å². The molecule has 0 aromatic heterocycles. The Bertz CT molecular complexity index is 514. The Balaban J connectivity index is 1.99. The minimum atomic E-state index is -1.47. The number of carbonyl (C=O) groups is 1. The van der Waals surface area contributed by atoms with Crippen LogP contribution in [-0.2, 0) is 16.0 Å². The van der Waals surface area contributed by atoms with Gasteiger partial charge < -0.3 is 34.7 Å². The van der Waals surface area contributed by atoms with Crippen LogP contribution in [0.25, 0.3) is 0 Å². The first-order chi connectivity index (χ1) is 10.9. The fourth-order valence-corrected chi connectivity index (χ4v) is 2.35. The molecule has 0 amide bonds. The molecule has 0 unspecified atom stereocenters. The number of rotatable bonds is 6. The monoisotopic (exact) mass is 326 g/mol. The molecule has 1 saturated heterocycles. The Morgan fingerprint density at radius 3 is 2.35 bits per heavy atom. The molecule has 0 aliphatic carbocycles. The standard InChI is InChI=1S/C16H22O7/c1-9(18)2-3-10-4-6-11(7-5-10)22-16-15(21)14(20)13(19)12(8-17)23-16/h4-7,12-17,19-21H,2-3,8H2,1H3/t12-,13+,14+,15-,16+/m1/s1. The molecule has 0 radical (unpaired) electrons. The van der Waals surface area contributed by atoms with Crippen LogP contribution in [0.1, 0.15) is 18.9 Å². The fourth-order valence-electron chi connectivity index (χ4n) is 2.35. The molecule has 0 spiro atoms. The maximum atomic E-state index is 11.0. The SMILES string of the molecule is CC(=O)CCc1ccc(O[C@H]2O[C@H](CO)[C@H](O)[C@H](O)[C@H]2O)cc1. The van der Waals surface area contributed by atoms with Gasteiger partial charge in [0, 0.05) is 6.42 Å². The van der Waals surface area contributed by atoms with Crippen molar-refractivity contribution in [2.24, 2.45) is 0 Å². The number of hydrogen-bond acceptors (Lipinski definition) is 7. The minimum absolute atomic E-state index is 0.117. The number of benzene rings is 1. The average molecular weight is 326 g/mol. The van der Waals surface area contributed by atoms with E-state index >= 15 is 0 Å². The van der Waals surface area contributed by atoms with Gasteiger partial charge in [0.1, 0.15) is 35.9 Å². The number of ketones is 1. The van der Waals surface area contributed by atoms with E-state index in [1.165, 1.54) is 6.92 Å². The van der Waals surface area contributed by atoms with Gasteiger partial charge in [-0.25, -0.2) is 0 Å². The summed E-state index contributed by atoms with van der Waals surface area (Å²) in [7, 11) is 0. The van der Waals surface area contributed by atoms with Gasteiger partial charge in [-0.3, -0.25) is 0 Å². The van der Waals surface area contributed by atoms with E-state index in [1.54, 1.807) is 24.3 Å². The summed E-state index contributed by atoms with van der Waals surface area (Å²) in [6, 6.07) is 6.92. The van der Waals surface area contributed by atoms with Gasteiger partial charge in [0.25, 0.3) is 0 Å². The molecule has 1 aliphatic rings. The highest BCUT2D eigenvalue weighted by atomic mass is 16.7. The molecule has 5 atom stereocenters. The maximum Gasteiger partial charge on any atom is 0.229 e. The molecule has 128 valence electrons.